The van der Waals surface area contributed by atoms with Crippen LogP contribution in [0.4, 0.5) is 0 Å². The Hall–Kier alpha value is -3.93. The van der Waals surface area contributed by atoms with Crippen LogP contribution in [0.3, 0.4) is 0 Å². The number of carboxylic acid groups (broad SMARTS) is 1. The third-order valence-corrected chi connectivity index (χ3v) is 8.26. The maximum Gasteiger partial charge on any atom is 0.335 e. The smallest absolute Gasteiger partial charge is 0.335 e. The van der Waals surface area contributed by atoms with Crippen molar-refractivity contribution in [2.45, 2.75) is 51.4 Å². The molecule has 224 valence electrons. The number of aromatic carboxylic acids is 1. The summed E-state index contributed by atoms with van der Waals surface area (Å²) in [6.07, 6.45) is 3.85. The molecule has 0 amide bonds. The van der Waals surface area contributed by atoms with Gasteiger partial charge in [0, 0.05) is 40.3 Å². The summed E-state index contributed by atoms with van der Waals surface area (Å²) in [6.45, 7) is 3.86. The van der Waals surface area contributed by atoms with Crippen LogP contribution >= 0.6 is 34.8 Å². The van der Waals surface area contributed by atoms with Crippen molar-refractivity contribution >= 4 is 51.7 Å². The van der Waals surface area contributed by atoms with Crippen molar-refractivity contribution in [3.05, 3.63) is 104 Å². The van der Waals surface area contributed by atoms with Gasteiger partial charge < -0.3 is 24.0 Å². The van der Waals surface area contributed by atoms with E-state index >= 15 is 0 Å². The summed E-state index contributed by atoms with van der Waals surface area (Å²) in [5.74, 6) is 6.69. The second-order valence-corrected chi connectivity index (χ2v) is 12.7. The molecule has 7 nitrogen and oxygen atoms in total. The molecule has 0 atom stereocenters. The van der Waals surface area contributed by atoms with Gasteiger partial charge in [0.2, 0.25) is 0 Å². The minimum absolute atomic E-state index is 0.101. The Bertz CT molecular complexity index is 1950. The molecule has 0 unspecified atom stereocenters. The summed E-state index contributed by atoms with van der Waals surface area (Å²) in [4.78, 5) is 11.9. The number of halogens is 3. The fourth-order valence-electron chi connectivity index (χ4n) is 5.10. The average Bonchev–Trinajstić information content (AvgIpc) is 3.61. The summed E-state index contributed by atoms with van der Waals surface area (Å²) >= 11 is 19.6. The van der Waals surface area contributed by atoms with Crippen LogP contribution < -0.4 is 4.74 Å². The maximum atomic E-state index is 11.9. The van der Waals surface area contributed by atoms with Crippen LogP contribution in [0.15, 0.2) is 65.3 Å². The van der Waals surface area contributed by atoms with Gasteiger partial charge in [-0.2, -0.15) is 0 Å². The van der Waals surface area contributed by atoms with Crippen LogP contribution in [0.2, 0.25) is 15.1 Å². The Morgan fingerprint density at radius 1 is 1.05 bits per heavy atom. The lowest BCUT2D eigenvalue weighted by Crippen LogP contribution is -2.25. The van der Waals surface area contributed by atoms with Crippen molar-refractivity contribution in [2.75, 3.05) is 0 Å². The summed E-state index contributed by atoms with van der Waals surface area (Å²) in [5.41, 5.74) is 2.83. The molecule has 1 saturated carbocycles. The number of ether oxygens (including phenoxy) is 1. The van der Waals surface area contributed by atoms with Crippen LogP contribution in [0.1, 0.15) is 65.4 Å². The van der Waals surface area contributed by atoms with Crippen LogP contribution in [-0.2, 0) is 13.2 Å². The highest BCUT2D eigenvalue weighted by atomic mass is 35.5. The lowest BCUT2D eigenvalue weighted by atomic mass is 10.0. The van der Waals surface area contributed by atoms with Gasteiger partial charge in [-0.1, -0.05) is 57.9 Å². The Balaban J connectivity index is 1.27. The summed E-state index contributed by atoms with van der Waals surface area (Å²) in [6, 6.07) is 15.5. The lowest BCUT2D eigenvalue weighted by molar-refractivity contribution is 0.0628. The van der Waals surface area contributed by atoms with E-state index in [0.29, 0.717) is 55.3 Å². The normalized spacial score (nSPS) is 13.1. The van der Waals surface area contributed by atoms with E-state index < -0.39 is 11.6 Å². The average molecular weight is 650 g/mol. The zero-order valence-electron chi connectivity index (χ0n) is 23.8. The fourth-order valence-corrected chi connectivity index (χ4v) is 5.90. The number of nitrogens with zero attached hydrogens (tertiary/aromatic N) is 2. The first-order valence-electron chi connectivity index (χ1n) is 13.9. The molecule has 1 aliphatic rings. The van der Waals surface area contributed by atoms with Gasteiger partial charge in [0.25, 0.3) is 0 Å². The molecular formula is C34H27Cl3N2O5. The van der Waals surface area contributed by atoms with Crippen molar-refractivity contribution < 1.29 is 24.3 Å². The Kier molecular flexibility index (Phi) is 8.12. The third kappa shape index (κ3) is 6.31. The molecule has 6 rings (SSSR count). The molecular weight excluding hydrogens is 623 g/mol. The summed E-state index contributed by atoms with van der Waals surface area (Å²) < 4.78 is 13.7. The van der Waals surface area contributed by atoms with E-state index in [4.69, 9.17) is 44.1 Å². The van der Waals surface area contributed by atoms with Crippen LogP contribution in [0.5, 0.6) is 5.75 Å². The van der Waals surface area contributed by atoms with Gasteiger partial charge in [0.15, 0.2) is 0 Å². The van der Waals surface area contributed by atoms with Crippen molar-refractivity contribution in [3.63, 3.8) is 0 Å². The number of rotatable bonds is 8. The fraction of sp³-hybridized carbons (Fsp3) is 0.235. The highest BCUT2D eigenvalue weighted by molar-refractivity contribution is 6.39. The van der Waals surface area contributed by atoms with Crippen LogP contribution in [0.25, 0.3) is 22.2 Å². The number of aromatic nitrogens is 2. The second kappa shape index (κ2) is 11.9. The number of hydrogen-bond donors (Lipinski definition) is 2. The summed E-state index contributed by atoms with van der Waals surface area (Å²) in [5, 5.41) is 26.4. The highest BCUT2D eigenvalue weighted by Crippen LogP contribution is 2.46. The van der Waals surface area contributed by atoms with Crippen molar-refractivity contribution in [3.8, 4) is 28.8 Å². The van der Waals surface area contributed by atoms with E-state index in [9.17, 15) is 15.0 Å². The minimum Gasteiger partial charge on any atom is -0.489 e. The first-order valence-corrected chi connectivity index (χ1v) is 15.1. The van der Waals surface area contributed by atoms with Gasteiger partial charge in [-0.05, 0) is 69.2 Å². The molecule has 0 saturated heterocycles. The number of hydrogen-bond acceptors (Lipinski definition) is 5. The first kappa shape index (κ1) is 30.1. The van der Waals surface area contributed by atoms with E-state index in [1.54, 1.807) is 56.3 Å². The predicted molar refractivity (Wildman–Crippen MR) is 171 cm³/mol. The predicted octanol–water partition coefficient (Wildman–Crippen LogP) is 8.58. The molecule has 1 fully saturated rings. The molecule has 2 aromatic heterocycles. The molecule has 0 aliphatic heterocycles. The third-order valence-electron chi connectivity index (χ3n) is 7.31. The zero-order chi connectivity index (χ0) is 31.2. The number of aliphatic hydroxyl groups is 1. The summed E-state index contributed by atoms with van der Waals surface area (Å²) in [7, 11) is 0. The molecule has 44 heavy (non-hydrogen) atoms. The monoisotopic (exact) mass is 648 g/mol. The molecule has 0 spiro atoms. The van der Waals surface area contributed by atoms with Crippen molar-refractivity contribution in [2.24, 2.45) is 0 Å². The van der Waals surface area contributed by atoms with Gasteiger partial charge in [-0.15, -0.1) is 0 Å². The molecule has 2 heterocycles. The number of carboxylic acids is 1. The quantitative estimate of drug-likeness (QED) is 0.163. The number of benzene rings is 3. The van der Waals surface area contributed by atoms with Crippen molar-refractivity contribution in [1.29, 1.82) is 0 Å². The maximum absolute atomic E-state index is 11.9. The van der Waals surface area contributed by atoms with Crippen LogP contribution in [0, 0.1) is 11.8 Å². The van der Waals surface area contributed by atoms with E-state index in [1.165, 1.54) is 6.07 Å². The zero-order valence-corrected chi connectivity index (χ0v) is 26.1. The van der Waals surface area contributed by atoms with Crippen molar-refractivity contribution in [1.82, 2.24) is 9.72 Å². The number of fused-ring (bicyclic) bond motifs is 1. The molecule has 5 aromatic rings. The largest absolute Gasteiger partial charge is 0.489 e. The Labute approximate surface area is 268 Å². The molecule has 0 radical (unpaired) electrons. The minimum atomic E-state index is -1.07. The molecule has 3 aromatic carbocycles. The first-order chi connectivity index (χ1) is 21.0. The van der Waals surface area contributed by atoms with E-state index in [0.717, 1.165) is 29.6 Å². The SMILES string of the molecule is CC(C)(O)Cn1ccc2c(C#Cc3ccc(OCc4c(-c5c(Cl)cccc5Cl)noc4C4CC4)cc3Cl)cc(C(=O)O)cc21. The highest BCUT2D eigenvalue weighted by Gasteiger charge is 2.33. The second-order valence-electron chi connectivity index (χ2n) is 11.4. The molecule has 0 bridgehead atoms. The standard InChI is InChI=1S/C34H27Cl3N2O5/c1-34(2,42)18-39-13-12-24-21(14-22(33(40)41)15-29(24)39)9-6-19-10-11-23(16-28(19)37)43-17-25-31(38-44-32(25)20-7-8-20)30-26(35)4-3-5-27(30)36/h3-5,10-16,20,42H,7-8,17-18H2,1-2H3,(H,40,41). The van der Waals surface area contributed by atoms with E-state index in [1.807, 2.05) is 16.8 Å². The number of carbonyl (C=O) groups is 1. The Morgan fingerprint density at radius 2 is 1.77 bits per heavy atom. The van der Waals surface area contributed by atoms with Gasteiger partial charge in [0.05, 0.1) is 43.9 Å². The molecule has 2 N–H and O–H groups in total. The van der Waals surface area contributed by atoms with Crippen LogP contribution in [-0.4, -0.2) is 31.5 Å². The van der Waals surface area contributed by atoms with Gasteiger partial charge >= 0.3 is 5.97 Å². The van der Waals surface area contributed by atoms with Gasteiger partial charge in [0.1, 0.15) is 23.8 Å². The molecule has 1 aliphatic carbocycles. The van der Waals surface area contributed by atoms with Gasteiger partial charge in [-0.3, -0.25) is 0 Å². The Morgan fingerprint density at radius 3 is 2.43 bits per heavy atom. The van der Waals surface area contributed by atoms with E-state index in [-0.39, 0.29) is 18.1 Å². The topological polar surface area (TPSA) is 97.7 Å². The molecule has 10 heteroatoms. The van der Waals surface area contributed by atoms with E-state index in [2.05, 4.69) is 17.0 Å². The van der Waals surface area contributed by atoms with Gasteiger partial charge in [-0.25, -0.2) is 4.79 Å². The lowest BCUT2D eigenvalue weighted by Gasteiger charge is -2.18.